The smallest absolute Gasteiger partial charge is 0.193 e. The van der Waals surface area contributed by atoms with Crippen LogP contribution in [0.1, 0.15) is 24.2 Å². The van der Waals surface area contributed by atoms with E-state index in [0.717, 1.165) is 35.9 Å². The van der Waals surface area contributed by atoms with Gasteiger partial charge in [-0.05, 0) is 25.5 Å². The number of aromatic nitrogens is 2. The standard InChI is InChI=1S/C20H29N5O2.HI/c1-15-7-5-6-8-18(15)27-16(2)11-22-20(21-3)25-9-10-26-19(14-25)17-12-23-24(4)13-17;/h5-8,12-13,16,19H,9-11,14H2,1-4H3,(H,21,22);1H. The van der Waals surface area contributed by atoms with Gasteiger partial charge in [-0.1, -0.05) is 18.2 Å². The minimum absolute atomic E-state index is 0. The van der Waals surface area contributed by atoms with E-state index in [2.05, 4.69) is 40.2 Å². The normalized spacial score (nSPS) is 18.4. The summed E-state index contributed by atoms with van der Waals surface area (Å²) < 4.78 is 13.8. The van der Waals surface area contributed by atoms with Crippen LogP contribution in [0.2, 0.25) is 0 Å². The number of nitrogens with one attached hydrogen (secondary N) is 1. The lowest BCUT2D eigenvalue weighted by molar-refractivity contribution is -0.00814. The number of para-hydroxylation sites is 1. The lowest BCUT2D eigenvalue weighted by atomic mass is 10.1. The fraction of sp³-hybridized carbons (Fsp3) is 0.500. The number of hydrogen-bond donors (Lipinski definition) is 1. The number of morpholine rings is 1. The Morgan fingerprint density at radius 1 is 1.43 bits per heavy atom. The first-order valence-corrected chi connectivity index (χ1v) is 9.35. The van der Waals surface area contributed by atoms with Gasteiger partial charge in [-0.25, -0.2) is 0 Å². The van der Waals surface area contributed by atoms with Crippen LogP contribution >= 0.6 is 24.0 Å². The maximum atomic E-state index is 6.05. The van der Waals surface area contributed by atoms with E-state index in [1.807, 2.05) is 44.7 Å². The molecule has 0 amide bonds. The highest BCUT2D eigenvalue weighted by atomic mass is 127. The molecule has 1 N–H and O–H groups in total. The summed E-state index contributed by atoms with van der Waals surface area (Å²) in [6.07, 6.45) is 3.90. The van der Waals surface area contributed by atoms with Gasteiger partial charge in [0.25, 0.3) is 0 Å². The molecule has 28 heavy (non-hydrogen) atoms. The van der Waals surface area contributed by atoms with Gasteiger partial charge >= 0.3 is 0 Å². The van der Waals surface area contributed by atoms with Crippen molar-refractivity contribution in [2.24, 2.45) is 12.0 Å². The molecule has 1 fully saturated rings. The minimum Gasteiger partial charge on any atom is -0.489 e. The van der Waals surface area contributed by atoms with Crippen molar-refractivity contribution >= 4 is 29.9 Å². The van der Waals surface area contributed by atoms with Crippen molar-refractivity contribution in [2.75, 3.05) is 33.3 Å². The van der Waals surface area contributed by atoms with E-state index in [4.69, 9.17) is 9.47 Å². The number of aryl methyl sites for hydroxylation is 2. The highest BCUT2D eigenvalue weighted by Crippen LogP contribution is 2.22. The van der Waals surface area contributed by atoms with E-state index in [1.165, 1.54) is 0 Å². The second-order valence-corrected chi connectivity index (χ2v) is 6.87. The molecule has 7 nitrogen and oxygen atoms in total. The highest BCUT2D eigenvalue weighted by Gasteiger charge is 2.25. The zero-order chi connectivity index (χ0) is 19.2. The monoisotopic (exact) mass is 499 g/mol. The second-order valence-electron chi connectivity index (χ2n) is 6.87. The molecule has 0 bridgehead atoms. The predicted octanol–water partition coefficient (Wildman–Crippen LogP) is 2.76. The highest BCUT2D eigenvalue weighted by molar-refractivity contribution is 14.0. The summed E-state index contributed by atoms with van der Waals surface area (Å²) in [7, 11) is 3.73. The summed E-state index contributed by atoms with van der Waals surface area (Å²) >= 11 is 0. The fourth-order valence-corrected chi connectivity index (χ4v) is 3.16. The molecule has 0 spiro atoms. The largest absolute Gasteiger partial charge is 0.489 e. The second kappa shape index (κ2) is 10.7. The molecule has 0 saturated carbocycles. The molecule has 1 aliphatic heterocycles. The minimum atomic E-state index is 0. The molecule has 0 aliphatic carbocycles. The van der Waals surface area contributed by atoms with Crippen molar-refractivity contribution in [3.63, 3.8) is 0 Å². The number of aliphatic imine (C=N–C) groups is 1. The van der Waals surface area contributed by atoms with Crippen LogP contribution in [0.4, 0.5) is 0 Å². The molecule has 1 aliphatic rings. The average Bonchev–Trinajstić information content (AvgIpc) is 3.11. The first-order valence-electron chi connectivity index (χ1n) is 9.35. The molecule has 2 atom stereocenters. The molecule has 1 aromatic carbocycles. The van der Waals surface area contributed by atoms with E-state index >= 15 is 0 Å². The molecule has 3 rings (SSSR count). The number of nitrogens with zero attached hydrogens (tertiary/aromatic N) is 4. The van der Waals surface area contributed by atoms with Crippen LogP contribution in [0.15, 0.2) is 41.7 Å². The van der Waals surface area contributed by atoms with E-state index in [9.17, 15) is 0 Å². The van der Waals surface area contributed by atoms with Crippen molar-refractivity contribution in [3.8, 4) is 5.75 Å². The maximum absolute atomic E-state index is 6.05. The van der Waals surface area contributed by atoms with E-state index in [1.54, 1.807) is 4.68 Å². The molecule has 2 aromatic rings. The van der Waals surface area contributed by atoms with Gasteiger partial charge in [0.1, 0.15) is 18.0 Å². The lowest BCUT2D eigenvalue weighted by Gasteiger charge is -2.35. The Morgan fingerprint density at radius 3 is 2.89 bits per heavy atom. The lowest BCUT2D eigenvalue weighted by Crippen LogP contribution is -2.49. The molecule has 2 heterocycles. The van der Waals surface area contributed by atoms with Crippen molar-refractivity contribution in [3.05, 3.63) is 47.8 Å². The summed E-state index contributed by atoms with van der Waals surface area (Å²) in [6.45, 7) is 7.01. The molecule has 8 heteroatoms. The Hall–Kier alpha value is -1.81. The molecule has 1 saturated heterocycles. The quantitative estimate of drug-likeness (QED) is 0.390. The Balaban J connectivity index is 0.00000280. The zero-order valence-electron chi connectivity index (χ0n) is 17.0. The third-order valence-corrected chi connectivity index (χ3v) is 4.64. The van der Waals surface area contributed by atoms with Gasteiger partial charge in [0.2, 0.25) is 0 Å². The third kappa shape index (κ3) is 5.84. The first kappa shape index (κ1) is 22.5. The van der Waals surface area contributed by atoms with Crippen LogP contribution in [0.5, 0.6) is 5.75 Å². The number of ether oxygens (including phenoxy) is 2. The molecule has 0 radical (unpaired) electrons. The maximum Gasteiger partial charge on any atom is 0.193 e. The van der Waals surface area contributed by atoms with Crippen LogP contribution in [0.25, 0.3) is 0 Å². The predicted molar refractivity (Wildman–Crippen MR) is 122 cm³/mol. The number of rotatable bonds is 5. The Morgan fingerprint density at radius 2 is 2.21 bits per heavy atom. The summed E-state index contributed by atoms with van der Waals surface area (Å²) in [5.41, 5.74) is 2.23. The van der Waals surface area contributed by atoms with Gasteiger partial charge in [-0.15, -0.1) is 24.0 Å². The number of guanidine groups is 1. The number of benzene rings is 1. The van der Waals surface area contributed by atoms with Gasteiger partial charge in [-0.3, -0.25) is 9.67 Å². The molecular weight excluding hydrogens is 469 g/mol. The SMILES string of the molecule is CN=C(NCC(C)Oc1ccccc1C)N1CCOC(c2cnn(C)c2)C1.I. The van der Waals surface area contributed by atoms with Crippen molar-refractivity contribution in [1.29, 1.82) is 0 Å². The van der Waals surface area contributed by atoms with Crippen LogP contribution in [0, 0.1) is 6.92 Å². The first-order chi connectivity index (χ1) is 13.1. The Labute approximate surface area is 184 Å². The molecular formula is C20H30IN5O2. The van der Waals surface area contributed by atoms with Crippen LogP contribution in [0.3, 0.4) is 0 Å². The van der Waals surface area contributed by atoms with Crippen molar-refractivity contribution in [2.45, 2.75) is 26.1 Å². The fourth-order valence-electron chi connectivity index (χ4n) is 3.16. The van der Waals surface area contributed by atoms with Crippen LogP contribution in [-0.2, 0) is 11.8 Å². The van der Waals surface area contributed by atoms with Crippen LogP contribution in [-0.4, -0.2) is 60.0 Å². The third-order valence-electron chi connectivity index (χ3n) is 4.64. The zero-order valence-corrected chi connectivity index (χ0v) is 19.3. The summed E-state index contributed by atoms with van der Waals surface area (Å²) in [5, 5.41) is 7.67. The average molecular weight is 499 g/mol. The van der Waals surface area contributed by atoms with Gasteiger partial charge in [0.15, 0.2) is 5.96 Å². The summed E-state index contributed by atoms with van der Waals surface area (Å²) in [5.74, 6) is 1.79. The van der Waals surface area contributed by atoms with Gasteiger partial charge < -0.3 is 19.7 Å². The topological polar surface area (TPSA) is 63.9 Å². The number of halogens is 1. The van der Waals surface area contributed by atoms with Gasteiger partial charge in [-0.2, -0.15) is 5.10 Å². The van der Waals surface area contributed by atoms with Gasteiger partial charge in [0, 0.05) is 32.4 Å². The van der Waals surface area contributed by atoms with Crippen LogP contribution < -0.4 is 10.1 Å². The molecule has 2 unspecified atom stereocenters. The molecule has 154 valence electrons. The summed E-state index contributed by atoms with van der Waals surface area (Å²) in [4.78, 5) is 6.66. The molecule has 1 aromatic heterocycles. The van der Waals surface area contributed by atoms with Gasteiger partial charge in [0.05, 0.1) is 25.9 Å². The van der Waals surface area contributed by atoms with E-state index in [-0.39, 0.29) is 36.2 Å². The number of hydrogen-bond acceptors (Lipinski definition) is 4. The summed E-state index contributed by atoms with van der Waals surface area (Å²) in [6, 6.07) is 8.07. The van der Waals surface area contributed by atoms with Crippen molar-refractivity contribution in [1.82, 2.24) is 20.0 Å². The van der Waals surface area contributed by atoms with Crippen molar-refractivity contribution < 1.29 is 9.47 Å². The van der Waals surface area contributed by atoms with E-state index < -0.39 is 0 Å². The van der Waals surface area contributed by atoms with E-state index in [0.29, 0.717) is 13.2 Å². The Kier molecular flexibility index (Phi) is 8.56. The Bertz CT molecular complexity index is 779.